The normalized spacial score (nSPS) is 14.7. The zero-order chi connectivity index (χ0) is 20.6. The third kappa shape index (κ3) is 6.87. The van der Waals surface area contributed by atoms with E-state index in [9.17, 15) is 9.59 Å². The summed E-state index contributed by atoms with van der Waals surface area (Å²) >= 11 is 11.8. The highest BCUT2D eigenvalue weighted by molar-refractivity contribution is 6.42. The van der Waals surface area contributed by atoms with E-state index in [-0.39, 0.29) is 11.8 Å². The van der Waals surface area contributed by atoms with E-state index in [4.69, 9.17) is 27.9 Å². The molecule has 0 atom stereocenters. The van der Waals surface area contributed by atoms with E-state index in [1.165, 1.54) is 6.08 Å². The molecule has 0 saturated carbocycles. The maximum Gasteiger partial charge on any atom is 0.248 e. The highest BCUT2D eigenvalue weighted by Crippen LogP contribution is 2.23. The van der Waals surface area contributed by atoms with Crippen molar-refractivity contribution in [2.75, 3.05) is 43.5 Å². The third-order valence-electron chi connectivity index (χ3n) is 4.28. The summed E-state index contributed by atoms with van der Waals surface area (Å²) in [5, 5.41) is 6.51. The van der Waals surface area contributed by atoms with E-state index in [1.54, 1.807) is 48.5 Å². The molecule has 8 heteroatoms. The number of anilines is 2. The van der Waals surface area contributed by atoms with Crippen molar-refractivity contribution in [3.05, 3.63) is 64.1 Å². The van der Waals surface area contributed by atoms with Crippen LogP contribution in [0.4, 0.5) is 11.4 Å². The highest BCUT2D eigenvalue weighted by atomic mass is 35.5. The average molecular weight is 434 g/mol. The lowest BCUT2D eigenvalue weighted by molar-refractivity contribution is -0.118. The summed E-state index contributed by atoms with van der Waals surface area (Å²) in [5.74, 6) is -0.353. The van der Waals surface area contributed by atoms with Gasteiger partial charge in [0.1, 0.15) is 0 Å². The van der Waals surface area contributed by atoms with Crippen LogP contribution in [0.3, 0.4) is 0 Å². The van der Waals surface area contributed by atoms with Gasteiger partial charge in [-0.3, -0.25) is 14.5 Å². The SMILES string of the molecule is O=C(/C=C/c1ccc(Cl)c(Cl)c1)Nc1ccc(NC(=O)CN2CCOCC2)cc1. The van der Waals surface area contributed by atoms with Gasteiger partial charge < -0.3 is 15.4 Å². The fourth-order valence-electron chi connectivity index (χ4n) is 2.77. The van der Waals surface area contributed by atoms with Gasteiger partial charge in [0.15, 0.2) is 0 Å². The van der Waals surface area contributed by atoms with Gasteiger partial charge in [-0.2, -0.15) is 0 Å². The Hall–Kier alpha value is -2.38. The van der Waals surface area contributed by atoms with Crippen LogP contribution in [-0.4, -0.2) is 49.6 Å². The summed E-state index contributed by atoms with van der Waals surface area (Å²) in [6.45, 7) is 3.16. The van der Waals surface area contributed by atoms with E-state index in [0.717, 1.165) is 18.7 Å². The van der Waals surface area contributed by atoms with Gasteiger partial charge in [-0.1, -0.05) is 29.3 Å². The molecule has 3 rings (SSSR count). The molecule has 2 N–H and O–H groups in total. The standard InChI is InChI=1S/C21H21Cl2N3O3/c22-18-7-1-15(13-19(18)23)2-8-20(27)24-16-3-5-17(6-4-16)25-21(28)14-26-9-11-29-12-10-26/h1-8,13H,9-12,14H2,(H,24,27)(H,25,28)/b8-2+. The number of morpholine rings is 1. The fraction of sp³-hybridized carbons (Fsp3) is 0.238. The Morgan fingerprint density at radius 2 is 1.62 bits per heavy atom. The Labute approximate surface area is 179 Å². The van der Waals surface area contributed by atoms with Gasteiger partial charge in [-0.05, 0) is 48.0 Å². The number of halogens is 2. The summed E-state index contributed by atoms with van der Waals surface area (Å²) in [7, 11) is 0. The Morgan fingerprint density at radius 3 is 2.28 bits per heavy atom. The molecule has 0 radical (unpaired) electrons. The Balaban J connectivity index is 1.49. The molecule has 0 unspecified atom stereocenters. The van der Waals surface area contributed by atoms with Crippen molar-refractivity contribution < 1.29 is 14.3 Å². The molecule has 0 aliphatic carbocycles. The molecule has 2 amide bonds. The zero-order valence-corrected chi connectivity index (χ0v) is 17.2. The van der Waals surface area contributed by atoms with Crippen LogP contribution in [-0.2, 0) is 14.3 Å². The van der Waals surface area contributed by atoms with Crippen LogP contribution >= 0.6 is 23.2 Å². The molecule has 1 saturated heterocycles. The first-order chi connectivity index (χ1) is 14.0. The summed E-state index contributed by atoms with van der Waals surface area (Å²) in [6, 6.07) is 12.1. The van der Waals surface area contributed by atoms with Crippen molar-refractivity contribution in [1.29, 1.82) is 0 Å². The van der Waals surface area contributed by atoms with Crippen molar-refractivity contribution in [2.24, 2.45) is 0 Å². The van der Waals surface area contributed by atoms with Gasteiger partial charge in [0.2, 0.25) is 11.8 Å². The topological polar surface area (TPSA) is 70.7 Å². The predicted octanol–water partition coefficient (Wildman–Crippen LogP) is 3.92. The lowest BCUT2D eigenvalue weighted by atomic mass is 10.2. The molecule has 0 aromatic heterocycles. The Bertz CT molecular complexity index is 895. The zero-order valence-electron chi connectivity index (χ0n) is 15.7. The second-order valence-corrected chi connectivity index (χ2v) is 7.32. The number of hydrogen-bond donors (Lipinski definition) is 2. The van der Waals surface area contributed by atoms with E-state index in [0.29, 0.717) is 41.2 Å². The molecule has 1 aliphatic rings. The molecular formula is C21H21Cl2N3O3. The van der Waals surface area contributed by atoms with Crippen LogP contribution in [0, 0.1) is 0 Å². The van der Waals surface area contributed by atoms with Crippen LogP contribution in [0.25, 0.3) is 6.08 Å². The fourth-order valence-corrected chi connectivity index (χ4v) is 3.08. The van der Waals surface area contributed by atoms with E-state index < -0.39 is 0 Å². The number of hydrogen-bond acceptors (Lipinski definition) is 4. The van der Waals surface area contributed by atoms with Crippen molar-refractivity contribution in [1.82, 2.24) is 4.90 Å². The molecular weight excluding hydrogens is 413 g/mol. The molecule has 2 aromatic carbocycles. The number of nitrogens with one attached hydrogen (secondary N) is 2. The molecule has 0 spiro atoms. The molecule has 2 aromatic rings. The van der Waals surface area contributed by atoms with Crippen LogP contribution < -0.4 is 10.6 Å². The minimum Gasteiger partial charge on any atom is -0.379 e. The lowest BCUT2D eigenvalue weighted by Crippen LogP contribution is -2.41. The Morgan fingerprint density at radius 1 is 0.966 bits per heavy atom. The quantitative estimate of drug-likeness (QED) is 0.677. The van der Waals surface area contributed by atoms with Crippen LogP contribution in [0.1, 0.15) is 5.56 Å². The van der Waals surface area contributed by atoms with Gasteiger partial charge in [0, 0.05) is 30.5 Å². The monoisotopic (exact) mass is 433 g/mol. The van der Waals surface area contributed by atoms with Crippen molar-refractivity contribution in [2.45, 2.75) is 0 Å². The summed E-state index contributed by atoms with van der Waals surface area (Å²) in [5.41, 5.74) is 2.07. The van der Waals surface area contributed by atoms with Gasteiger partial charge in [-0.15, -0.1) is 0 Å². The van der Waals surface area contributed by atoms with Crippen LogP contribution in [0.15, 0.2) is 48.5 Å². The lowest BCUT2D eigenvalue weighted by Gasteiger charge is -2.25. The number of benzene rings is 2. The van der Waals surface area contributed by atoms with E-state index in [2.05, 4.69) is 10.6 Å². The van der Waals surface area contributed by atoms with Crippen molar-refractivity contribution in [3.8, 4) is 0 Å². The van der Waals surface area contributed by atoms with Crippen LogP contribution in [0.5, 0.6) is 0 Å². The smallest absolute Gasteiger partial charge is 0.248 e. The van der Waals surface area contributed by atoms with Gasteiger partial charge >= 0.3 is 0 Å². The minimum absolute atomic E-state index is 0.0757. The average Bonchev–Trinajstić information content (AvgIpc) is 2.71. The van der Waals surface area contributed by atoms with Gasteiger partial charge in [-0.25, -0.2) is 0 Å². The van der Waals surface area contributed by atoms with E-state index in [1.807, 2.05) is 4.90 Å². The first-order valence-electron chi connectivity index (χ1n) is 9.14. The van der Waals surface area contributed by atoms with Gasteiger partial charge in [0.05, 0.1) is 29.8 Å². The number of carbonyl (C=O) groups is 2. The number of carbonyl (C=O) groups excluding carboxylic acids is 2. The molecule has 29 heavy (non-hydrogen) atoms. The van der Waals surface area contributed by atoms with Gasteiger partial charge in [0.25, 0.3) is 0 Å². The minimum atomic E-state index is -0.278. The maximum atomic E-state index is 12.1. The number of amides is 2. The molecule has 1 aliphatic heterocycles. The van der Waals surface area contributed by atoms with Crippen LogP contribution in [0.2, 0.25) is 10.0 Å². The first-order valence-corrected chi connectivity index (χ1v) is 9.89. The molecule has 1 fully saturated rings. The highest BCUT2D eigenvalue weighted by Gasteiger charge is 2.14. The second kappa shape index (κ2) is 10.4. The van der Waals surface area contributed by atoms with E-state index >= 15 is 0 Å². The Kier molecular flexibility index (Phi) is 7.66. The summed E-state index contributed by atoms with van der Waals surface area (Å²) < 4.78 is 5.27. The van der Waals surface area contributed by atoms with Crippen molar-refractivity contribution >= 4 is 52.5 Å². The first kappa shape index (κ1) is 21.3. The molecule has 0 bridgehead atoms. The summed E-state index contributed by atoms with van der Waals surface area (Å²) in [4.78, 5) is 26.2. The molecule has 152 valence electrons. The number of nitrogens with zero attached hydrogens (tertiary/aromatic N) is 1. The largest absolute Gasteiger partial charge is 0.379 e. The van der Waals surface area contributed by atoms with Crippen molar-refractivity contribution in [3.63, 3.8) is 0 Å². The number of rotatable bonds is 6. The molecule has 6 nitrogen and oxygen atoms in total. The predicted molar refractivity (Wildman–Crippen MR) is 116 cm³/mol. The number of ether oxygens (including phenoxy) is 1. The molecule has 1 heterocycles. The second-order valence-electron chi connectivity index (χ2n) is 6.51. The third-order valence-corrected chi connectivity index (χ3v) is 5.02. The summed E-state index contributed by atoms with van der Waals surface area (Å²) in [6.07, 6.45) is 3.06. The maximum absolute atomic E-state index is 12.1.